The summed E-state index contributed by atoms with van der Waals surface area (Å²) in [4.78, 5) is 12.4. The Morgan fingerprint density at radius 3 is 2.62 bits per heavy atom. The van der Waals surface area contributed by atoms with Gasteiger partial charge in [-0.15, -0.1) is 0 Å². The van der Waals surface area contributed by atoms with Crippen molar-refractivity contribution in [3.05, 3.63) is 76.4 Å². The van der Waals surface area contributed by atoms with Gasteiger partial charge in [0.25, 0.3) is 0 Å². The molecule has 134 valence electrons. The summed E-state index contributed by atoms with van der Waals surface area (Å²) in [5, 5.41) is 10.6. The first-order valence-corrected chi connectivity index (χ1v) is 8.86. The minimum Gasteiger partial charge on any atom is -0.497 e. The van der Waals surface area contributed by atoms with Crippen LogP contribution in [0.3, 0.4) is 0 Å². The van der Waals surface area contributed by atoms with Gasteiger partial charge in [0.1, 0.15) is 5.75 Å². The van der Waals surface area contributed by atoms with Crippen LogP contribution >= 0.6 is 0 Å². The van der Waals surface area contributed by atoms with Gasteiger partial charge in [-0.05, 0) is 59.2 Å². The number of benzene rings is 2. The second-order valence-corrected chi connectivity index (χ2v) is 6.95. The van der Waals surface area contributed by atoms with Gasteiger partial charge in [-0.2, -0.15) is 0 Å². The van der Waals surface area contributed by atoms with E-state index in [-0.39, 0.29) is 11.9 Å². The predicted octanol–water partition coefficient (Wildman–Crippen LogP) is 3.66. The molecule has 4 heteroatoms. The molecule has 4 rings (SSSR count). The summed E-state index contributed by atoms with van der Waals surface area (Å²) in [7, 11) is 3.02. The molecule has 0 radical (unpaired) electrons. The first kappa shape index (κ1) is 16.9. The Balaban J connectivity index is 1.86. The molecular formula is C22H22O4. The average molecular weight is 350 g/mol. The molecule has 0 aliphatic heterocycles. The Hall–Kier alpha value is -2.59. The second kappa shape index (κ2) is 6.61. The smallest absolute Gasteiger partial charge is 0.334 e. The largest absolute Gasteiger partial charge is 0.497 e. The first-order valence-electron chi connectivity index (χ1n) is 8.86. The highest BCUT2D eigenvalue weighted by molar-refractivity contribution is 5.91. The molecule has 26 heavy (non-hydrogen) atoms. The van der Waals surface area contributed by atoms with Gasteiger partial charge in [0.2, 0.25) is 0 Å². The molecule has 0 heterocycles. The van der Waals surface area contributed by atoms with Crippen LogP contribution in [0.15, 0.2) is 54.1 Å². The van der Waals surface area contributed by atoms with Crippen molar-refractivity contribution in [3.63, 3.8) is 0 Å². The van der Waals surface area contributed by atoms with Crippen LogP contribution < -0.4 is 4.74 Å². The summed E-state index contributed by atoms with van der Waals surface area (Å²) >= 11 is 0. The van der Waals surface area contributed by atoms with Gasteiger partial charge < -0.3 is 14.6 Å². The van der Waals surface area contributed by atoms with Crippen LogP contribution in [0.2, 0.25) is 0 Å². The number of methoxy groups -OCH3 is 2. The van der Waals surface area contributed by atoms with E-state index in [0.717, 1.165) is 35.3 Å². The Labute approximate surface area is 153 Å². The third-order valence-electron chi connectivity index (χ3n) is 5.57. The number of ether oxygens (including phenoxy) is 2. The predicted molar refractivity (Wildman–Crippen MR) is 98.3 cm³/mol. The number of hydrogen-bond donors (Lipinski definition) is 1. The molecule has 0 amide bonds. The maximum atomic E-state index is 12.4. The topological polar surface area (TPSA) is 55.8 Å². The van der Waals surface area contributed by atoms with Crippen molar-refractivity contribution in [2.45, 2.75) is 30.8 Å². The zero-order valence-corrected chi connectivity index (χ0v) is 14.9. The van der Waals surface area contributed by atoms with E-state index in [0.29, 0.717) is 11.5 Å². The van der Waals surface area contributed by atoms with E-state index in [4.69, 9.17) is 9.47 Å². The fourth-order valence-electron chi connectivity index (χ4n) is 4.38. The summed E-state index contributed by atoms with van der Waals surface area (Å²) in [6.45, 7) is 0. The molecule has 2 aromatic carbocycles. The highest BCUT2D eigenvalue weighted by atomic mass is 16.5. The minimum atomic E-state index is -0.822. The molecule has 2 aliphatic carbocycles. The molecule has 3 atom stereocenters. The van der Waals surface area contributed by atoms with Gasteiger partial charge in [-0.1, -0.05) is 30.3 Å². The molecule has 4 nitrogen and oxygen atoms in total. The number of carbonyl (C=O) groups is 1. The Morgan fingerprint density at radius 2 is 1.92 bits per heavy atom. The van der Waals surface area contributed by atoms with Gasteiger partial charge in [0, 0.05) is 11.5 Å². The van der Waals surface area contributed by atoms with Crippen LogP contribution in [0.5, 0.6) is 5.75 Å². The third-order valence-corrected chi connectivity index (χ3v) is 5.57. The highest BCUT2D eigenvalue weighted by Crippen LogP contribution is 2.50. The van der Waals surface area contributed by atoms with Crippen LogP contribution in [0, 0.1) is 0 Å². The lowest BCUT2D eigenvalue weighted by Gasteiger charge is -2.38. The van der Waals surface area contributed by atoms with E-state index in [2.05, 4.69) is 12.1 Å². The van der Waals surface area contributed by atoms with E-state index < -0.39 is 6.10 Å². The highest BCUT2D eigenvalue weighted by Gasteiger charge is 2.39. The molecule has 0 saturated heterocycles. The fraction of sp³-hybridized carbons (Fsp3) is 0.318. The molecule has 2 aromatic rings. The van der Waals surface area contributed by atoms with Crippen LogP contribution in [-0.2, 0) is 16.0 Å². The molecule has 0 spiro atoms. The van der Waals surface area contributed by atoms with Crippen molar-refractivity contribution >= 4 is 5.97 Å². The molecule has 0 fully saturated rings. The number of esters is 1. The zero-order valence-electron chi connectivity index (χ0n) is 14.9. The van der Waals surface area contributed by atoms with Crippen molar-refractivity contribution in [2.75, 3.05) is 14.2 Å². The van der Waals surface area contributed by atoms with Crippen molar-refractivity contribution in [2.24, 2.45) is 0 Å². The average Bonchev–Trinajstić information content (AvgIpc) is 2.69. The van der Waals surface area contributed by atoms with E-state index >= 15 is 0 Å². The SMILES string of the molecule is COC(=O)C1=CC(O)c2cc(OC)cc3c2C1CC(c1ccccc1)C3. The normalized spacial score (nSPS) is 23.7. The van der Waals surface area contributed by atoms with Crippen molar-refractivity contribution in [1.82, 2.24) is 0 Å². The lowest BCUT2D eigenvalue weighted by atomic mass is 9.67. The van der Waals surface area contributed by atoms with Crippen LogP contribution in [0.25, 0.3) is 0 Å². The van der Waals surface area contributed by atoms with Gasteiger partial charge in [-0.3, -0.25) is 0 Å². The Morgan fingerprint density at radius 1 is 1.15 bits per heavy atom. The van der Waals surface area contributed by atoms with Crippen LogP contribution in [0.4, 0.5) is 0 Å². The molecule has 0 saturated carbocycles. The molecule has 1 N–H and O–H groups in total. The molecule has 2 aliphatic rings. The van der Waals surface area contributed by atoms with Crippen molar-refractivity contribution < 1.29 is 19.4 Å². The zero-order chi connectivity index (χ0) is 18.3. The minimum absolute atomic E-state index is 0.0688. The number of aliphatic hydroxyl groups is 1. The summed E-state index contributed by atoms with van der Waals surface area (Å²) in [6, 6.07) is 14.3. The lowest BCUT2D eigenvalue weighted by Crippen LogP contribution is -2.28. The number of hydrogen-bond acceptors (Lipinski definition) is 4. The van der Waals surface area contributed by atoms with E-state index in [9.17, 15) is 9.90 Å². The summed E-state index contributed by atoms with van der Waals surface area (Å²) in [5.74, 6) is 0.605. The quantitative estimate of drug-likeness (QED) is 0.859. The van der Waals surface area contributed by atoms with Crippen molar-refractivity contribution in [1.29, 1.82) is 0 Å². The summed E-state index contributed by atoms with van der Waals surface area (Å²) in [5.41, 5.74) is 4.85. The number of carbonyl (C=O) groups excluding carboxylic acids is 1. The first-order chi connectivity index (χ1) is 12.6. The molecular weight excluding hydrogens is 328 g/mol. The van der Waals surface area contributed by atoms with E-state index in [1.165, 1.54) is 12.7 Å². The van der Waals surface area contributed by atoms with Gasteiger partial charge >= 0.3 is 5.97 Å². The third kappa shape index (κ3) is 2.71. The lowest BCUT2D eigenvalue weighted by molar-refractivity contribution is -0.136. The monoisotopic (exact) mass is 350 g/mol. The van der Waals surface area contributed by atoms with Gasteiger partial charge in [0.15, 0.2) is 0 Å². The Kier molecular flexibility index (Phi) is 4.29. The Bertz CT molecular complexity index is 869. The molecule has 0 aromatic heterocycles. The molecule has 0 bridgehead atoms. The maximum absolute atomic E-state index is 12.4. The summed E-state index contributed by atoms with van der Waals surface area (Å²) < 4.78 is 10.4. The van der Waals surface area contributed by atoms with Gasteiger partial charge in [-0.25, -0.2) is 4.79 Å². The number of aliphatic hydroxyl groups excluding tert-OH is 1. The summed E-state index contributed by atoms with van der Waals surface area (Å²) in [6.07, 6.45) is 2.50. The fourth-order valence-corrected chi connectivity index (χ4v) is 4.38. The van der Waals surface area contributed by atoms with E-state index in [1.807, 2.05) is 30.3 Å². The second-order valence-electron chi connectivity index (χ2n) is 6.95. The van der Waals surface area contributed by atoms with Crippen LogP contribution in [-0.4, -0.2) is 25.3 Å². The number of rotatable bonds is 3. The maximum Gasteiger partial charge on any atom is 0.334 e. The van der Waals surface area contributed by atoms with Crippen LogP contribution in [0.1, 0.15) is 46.6 Å². The van der Waals surface area contributed by atoms with Crippen molar-refractivity contribution in [3.8, 4) is 5.75 Å². The van der Waals surface area contributed by atoms with Gasteiger partial charge in [0.05, 0.1) is 20.3 Å². The molecule has 3 unspecified atom stereocenters. The van der Waals surface area contributed by atoms with E-state index in [1.54, 1.807) is 13.2 Å². The standard InChI is InChI=1S/C22H22O4/c1-25-16-9-15-8-14(13-6-4-3-5-7-13)10-17-18(22(24)26-2)12-20(23)19(11-16)21(15)17/h3-7,9,11-12,14,17,20,23H,8,10H2,1-2H3.